The van der Waals surface area contributed by atoms with Gasteiger partial charge in [-0.25, -0.2) is 14.4 Å². The molecule has 3 aromatic heterocycles. The van der Waals surface area contributed by atoms with Crippen LogP contribution in [0.15, 0.2) is 24.5 Å². The molecule has 4 rings (SSSR count). The van der Waals surface area contributed by atoms with Crippen molar-refractivity contribution < 1.29 is 13.9 Å². The molecule has 0 spiro atoms. The molecular weight excluding hydrogens is 337 g/mol. The molecule has 0 bridgehead atoms. The highest BCUT2D eigenvalue weighted by Gasteiger charge is 2.43. The van der Waals surface area contributed by atoms with Gasteiger partial charge in [-0.3, -0.25) is 4.79 Å². The number of hydrogen-bond donors (Lipinski definition) is 1. The zero-order valence-corrected chi connectivity index (χ0v) is 14.7. The fourth-order valence-corrected chi connectivity index (χ4v) is 3.00. The number of methoxy groups -OCH3 is 1. The predicted molar refractivity (Wildman–Crippen MR) is 94.7 cm³/mol. The third kappa shape index (κ3) is 2.77. The number of pyridine rings is 1. The monoisotopic (exact) mass is 355 g/mol. The van der Waals surface area contributed by atoms with Crippen LogP contribution in [0.3, 0.4) is 0 Å². The van der Waals surface area contributed by atoms with E-state index in [0.717, 1.165) is 22.2 Å². The van der Waals surface area contributed by atoms with Gasteiger partial charge in [0.2, 0.25) is 11.8 Å². The van der Waals surface area contributed by atoms with E-state index in [4.69, 9.17) is 4.74 Å². The van der Waals surface area contributed by atoms with Crippen LogP contribution < -0.4 is 10.1 Å². The van der Waals surface area contributed by atoms with Crippen molar-refractivity contribution in [3.8, 4) is 17.1 Å². The van der Waals surface area contributed by atoms with Gasteiger partial charge in [0, 0.05) is 18.6 Å². The zero-order chi connectivity index (χ0) is 18.4. The average molecular weight is 355 g/mol. The highest BCUT2D eigenvalue weighted by atomic mass is 19.1. The lowest BCUT2D eigenvalue weighted by Gasteiger charge is -2.09. The second kappa shape index (κ2) is 6.05. The summed E-state index contributed by atoms with van der Waals surface area (Å²) >= 11 is 0. The van der Waals surface area contributed by atoms with Crippen molar-refractivity contribution in [2.24, 2.45) is 13.0 Å². The quantitative estimate of drug-likeness (QED) is 0.778. The summed E-state index contributed by atoms with van der Waals surface area (Å²) in [6, 6.07) is 3.73. The van der Waals surface area contributed by atoms with E-state index in [1.54, 1.807) is 32.5 Å². The minimum absolute atomic E-state index is 0.288. The molecule has 0 saturated heterocycles. The number of rotatable bonds is 4. The molecule has 1 amide bonds. The first-order valence-electron chi connectivity index (χ1n) is 8.26. The lowest BCUT2D eigenvalue weighted by Crippen LogP contribution is -2.15. The number of ether oxygens (including phenoxy) is 1. The number of aryl methyl sites for hydroxylation is 2. The van der Waals surface area contributed by atoms with Crippen molar-refractivity contribution in [1.29, 1.82) is 0 Å². The SMILES string of the molecule is COc1nc(C)ncc1-c1cc2cc(NC(=O)C3CC3F)ncc2n1C. The maximum Gasteiger partial charge on any atom is 0.231 e. The molecule has 1 N–H and O–H groups in total. The Morgan fingerprint density at radius 1 is 1.35 bits per heavy atom. The topological polar surface area (TPSA) is 81.9 Å². The average Bonchev–Trinajstić information content (AvgIpc) is 3.27. The van der Waals surface area contributed by atoms with Gasteiger partial charge >= 0.3 is 0 Å². The molecule has 26 heavy (non-hydrogen) atoms. The van der Waals surface area contributed by atoms with Gasteiger partial charge in [0.15, 0.2) is 0 Å². The van der Waals surface area contributed by atoms with Crippen molar-refractivity contribution in [1.82, 2.24) is 19.5 Å². The van der Waals surface area contributed by atoms with Gasteiger partial charge < -0.3 is 14.6 Å². The van der Waals surface area contributed by atoms with Gasteiger partial charge in [0.05, 0.1) is 36.0 Å². The molecule has 3 heterocycles. The van der Waals surface area contributed by atoms with Crippen LogP contribution in [-0.2, 0) is 11.8 Å². The van der Waals surface area contributed by atoms with Crippen LogP contribution in [0.4, 0.5) is 10.2 Å². The van der Waals surface area contributed by atoms with Crippen molar-refractivity contribution in [2.45, 2.75) is 19.5 Å². The Hall–Kier alpha value is -3.03. The number of nitrogens with one attached hydrogen (secondary N) is 1. The molecule has 134 valence electrons. The van der Waals surface area contributed by atoms with E-state index >= 15 is 0 Å². The summed E-state index contributed by atoms with van der Waals surface area (Å²) in [5, 5.41) is 3.57. The standard InChI is InChI=1S/C18H18FN5O2/c1-9-20-7-12(18(22-9)26-3)14-4-10-5-16(21-8-15(10)24(14)2)23-17(25)11-6-13(11)19/h4-5,7-8,11,13H,6H2,1-3H3,(H,21,23,25). The molecule has 0 radical (unpaired) electrons. The summed E-state index contributed by atoms with van der Waals surface area (Å²) in [5.41, 5.74) is 2.52. The van der Waals surface area contributed by atoms with Crippen LogP contribution in [0.1, 0.15) is 12.2 Å². The van der Waals surface area contributed by atoms with Crippen LogP contribution in [-0.4, -0.2) is 38.7 Å². The van der Waals surface area contributed by atoms with Crippen LogP contribution in [0.2, 0.25) is 0 Å². The number of carbonyl (C=O) groups excluding carboxylic acids is 1. The number of anilines is 1. The van der Waals surface area contributed by atoms with Crippen LogP contribution in [0.25, 0.3) is 22.2 Å². The summed E-state index contributed by atoms with van der Waals surface area (Å²) in [6.07, 6.45) is 2.66. The van der Waals surface area contributed by atoms with Crippen LogP contribution >= 0.6 is 0 Å². The summed E-state index contributed by atoms with van der Waals surface area (Å²) in [5.74, 6) is 0.655. The van der Waals surface area contributed by atoms with E-state index in [2.05, 4.69) is 20.3 Å². The van der Waals surface area contributed by atoms with Crippen molar-refractivity contribution in [2.75, 3.05) is 12.4 Å². The number of fused-ring (bicyclic) bond motifs is 1. The Morgan fingerprint density at radius 3 is 2.81 bits per heavy atom. The molecule has 1 aliphatic rings. The second-order valence-electron chi connectivity index (χ2n) is 6.40. The lowest BCUT2D eigenvalue weighted by molar-refractivity contribution is -0.117. The van der Waals surface area contributed by atoms with Gasteiger partial charge in [-0.15, -0.1) is 0 Å². The van der Waals surface area contributed by atoms with Crippen molar-refractivity contribution in [3.05, 3.63) is 30.4 Å². The minimum Gasteiger partial charge on any atom is -0.480 e. The Kier molecular flexibility index (Phi) is 3.82. The van der Waals surface area contributed by atoms with Gasteiger partial charge in [-0.05, 0) is 25.5 Å². The van der Waals surface area contributed by atoms with Gasteiger partial charge in [-0.2, -0.15) is 4.98 Å². The molecule has 1 saturated carbocycles. The summed E-state index contributed by atoms with van der Waals surface area (Å²) in [7, 11) is 3.48. The highest BCUT2D eigenvalue weighted by Crippen LogP contribution is 2.35. The third-order valence-electron chi connectivity index (χ3n) is 4.57. The van der Waals surface area contributed by atoms with E-state index in [1.165, 1.54) is 0 Å². The predicted octanol–water partition coefficient (Wildman–Crippen LogP) is 2.64. The van der Waals surface area contributed by atoms with E-state index in [9.17, 15) is 9.18 Å². The summed E-state index contributed by atoms with van der Waals surface area (Å²) in [4.78, 5) is 24.7. The van der Waals surface area contributed by atoms with Gasteiger partial charge in [0.1, 0.15) is 17.8 Å². The normalized spacial score (nSPS) is 18.8. The van der Waals surface area contributed by atoms with E-state index in [-0.39, 0.29) is 12.3 Å². The first-order chi connectivity index (χ1) is 12.5. The van der Waals surface area contributed by atoms with E-state index in [0.29, 0.717) is 17.5 Å². The number of aromatic nitrogens is 4. The molecule has 2 unspecified atom stereocenters. The number of halogens is 1. The number of alkyl halides is 1. The van der Waals surface area contributed by atoms with Gasteiger partial charge in [-0.1, -0.05) is 0 Å². The van der Waals surface area contributed by atoms with E-state index < -0.39 is 12.1 Å². The number of amides is 1. The van der Waals surface area contributed by atoms with Crippen LogP contribution in [0.5, 0.6) is 5.88 Å². The van der Waals surface area contributed by atoms with Crippen LogP contribution in [0, 0.1) is 12.8 Å². The summed E-state index contributed by atoms with van der Waals surface area (Å²) < 4.78 is 20.4. The Labute approximate surface area is 149 Å². The molecular formula is C18H18FN5O2. The number of carbonyl (C=O) groups is 1. The smallest absolute Gasteiger partial charge is 0.231 e. The molecule has 7 nitrogen and oxygen atoms in total. The molecule has 3 aromatic rings. The number of hydrogen-bond acceptors (Lipinski definition) is 5. The first kappa shape index (κ1) is 16.4. The lowest BCUT2D eigenvalue weighted by atomic mass is 10.2. The van der Waals surface area contributed by atoms with Crippen molar-refractivity contribution in [3.63, 3.8) is 0 Å². The Bertz CT molecular complexity index is 1020. The molecule has 8 heteroatoms. The fraction of sp³-hybridized carbons (Fsp3) is 0.333. The Balaban J connectivity index is 1.71. The molecule has 0 aliphatic heterocycles. The number of nitrogens with zero attached hydrogens (tertiary/aromatic N) is 4. The summed E-state index contributed by atoms with van der Waals surface area (Å²) in [6.45, 7) is 1.80. The highest BCUT2D eigenvalue weighted by molar-refractivity contribution is 5.96. The minimum atomic E-state index is -1.03. The zero-order valence-electron chi connectivity index (χ0n) is 14.7. The molecule has 2 atom stereocenters. The second-order valence-corrected chi connectivity index (χ2v) is 6.40. The Morgan fingerprint density at radius 2 is 2.12 bits per heavy atom. The van der Waals surface area contributed by atoms with E-state index in [1.807, 2.05) is 17.7 Å². The molecule has 1 aliphatic carbocycles. The maximum absolute atomic E-state index is 13.0. The van der Waals surface area contributed by atoms with Crippen molar-refractivity contribution >= 4 is 22.6 Å². The molecule has 0 aromatic carbocycles. The maximum atomic E-state index is 13.0. The molecule has 1 fully saturated rings. The fourth-order valence-electron chi connectivity index (χ4n) is 3.00. The first-order valence-corrected chi connectivity index (χ1v) is 8.26. The third-order valence-corrected chi connectivity index (χ3v) is 4.57. The van der Waals surface area contributed by atoms with Gasteiger partial charge in [0.25, 0.3) is 0 Å². The largest absolute Gasteiger partial charge is 0.480 e.